The highest BCUT2D eigenvalue weighted by molar-refractivity contribution is 5.96. The fraction of sp³-hybridized carbons (Fsp3) is 0.308. The van der Waals surface area contributed by atoms with Crippen LogP contribution >= 0.6 is 0 Å². The van der Waals surface area contributed by atoms with Crippen molar-refractivity contribution < 1.29 is 18.8 Å². The monoisotopic (exact) mass is 273 g/mol. The van der Waals surface area contributed by atoms with Crippen LogP contribution in [0.25, 0.3) is 0 Å². The van der Waals surface area contributed by atoms with Gasteiger partial charge in [0.05, 0.1) is 0 Å². The van der Waals surface area contributed by atoms with Gasteiger partial charge in [0, 0.05) is 30.6 Å². The number of ether oxygens (including phenoxy) is 2. The van der Waals surface area contributed by atoms with Crippen LogP contribution in [0.3, 0.4) is 0 Å². The van der Waals surface area contributed by atoms with Crippen LogP contribution in [0.15, 0.2) is 29.1 Å². The maximum absolute atomic E-state index is 12.1. The number of hydrogen-bond donors (Lipinski definition) is 0. The minimum Gasteiger partial charge on any atom is -0.454 e. The van der Waals surface area contributed by atoms with Gasteiger partial charge in [-0.05, 0) is 12.1 Å². The average molecular weight is 273 g/mol. The normalized spacial score (nSPS) is 20.7. The summed E-state index contributed by atoms with van der Waals surface area (Å²) >= 11 is 0. The van der Waals surface area contributed by atoms with Gasteiger partial charge >= 0.3 is 0 Å². The minimum absolute atomic E-state index is 0.0355. The van der Waals surface area contributed by atoms with Crippen LogP contribution in [0.1, 0.15) is 18.2 Å². The van der Waals surface area contributed by atoms with Crippen LogP contribution < -0.4 is 14.4 Å². The molecule has 1 fully saturated rings. The molecule has 20 heavy (non-hydrogen) atoms. The molecule has 0 unspecified atom stereocenters. The summed E-state index contributed by atoms with van der Waals surface area (Å²) in [7, 11) is 0. The van der Waals surface area contributed by atoms with Crippen molar-refractivity contribution in [2.45, 2.75) is 12.3 Å². The van der Waals surface area contributed by atoms with E-state index in [0.29, 0.717) is 30.3 Å². The first-order valence-corrected chi connectivity index (χ1v) is 6.27. The molecule has 102 valence electrons. The van der Waals surface area contributed by atoms with Crippen molar-refractivity contribution in [3.63, 3.8) is 0 Å². The van der Waals surface area contributed by atoms with Gasteiger partial charge < -0.3 is 18.9 Å². The zero-order valence-electron chi connectivity index (χ0n) is 10.5. The van der Waals surface area contributed by atoms with Crippen LogP contribution in [-0.4, -0.2) is 29.4 Å². The van der Waals surface area contributed by atoms with Gasteiger partial charge in [0.15, 0.2) is 17.3 Å². The zero-order valence-corrected chi connectivity index (χ0v) is 10.5. The fourth-order valence-corrected chi connectivity index (χ4v) is 2.54. The molecule has 1 atom stereocenters. The smallest absolute Gasteiger partial charge is 0.231 e. The fourth-order valence-electron chi connectivity index (χ4n) is 2.54. The van der Waals surface area contributed by atoms with Crippen molar-refractivity contribution in [1.82, 2.24) is 10.1 Å². The molecule has 0 radical (unpaired) electrons. The molecule has 4 rings (SSSR count). The van der Waals surface area contributed by atoms with Crippen LogP contribution in [0.4, 0.5) is 5.69 Å². The number of amides is 1. The Hall–Kier alpha value is -2.57. The second-order valence-electron chi connectivity index (χ2n) is 4.73. The van der Waals surface area contributed by atoms with Crippen molar-refractivity contribution in [2.75, 3.05) is 18.2 Å². The summed E-state index contributed by atoms with van der Waals surface area (Å²) in [6.07, 6.45) is 1.66. The number of carbonyl (C=O) groups is 1. The van der Waals surface area contributed by atoms with Gasteiger partial charge in [-0.1, -0.05) is 5.16 Å². The summed E-state index contributed by atoms with van der Waals surface area (Å²) in [6.45, 7) is 0.760. The van der Waals surface area contributed by atoms with Crippen molar-refractivity contribution in [3.8, 4) is 11.5 Å². The number of anilines is 1. The van der Waals surface area contributed by atoms with Gasteiger partial charge in [0.1, 0.15) is 0 Å². The molecule has 1 aromatic carbocycles. The van der Waals surface area contributed by atoms with Crippen molar-refractivity contribution in [1.29, 1.82) is 0 Å². The minimum atomic E-state index is -0.0355. The number of benzene rings is 1. The molecule has 7 heteroatoms. The number of fused-ring (bicyclic) bond motifs is 1. The van der Waals surface area contributed by atoms with Gasteiger partial charge in [0.25, 0.3) is 0 Å². The molecular weight excluding hydrogens is 262 g/mol. The molecule has 2 aliphatic heterocycles. The van der Waals surface area contributed by atoms with E-state index >= 15 is 0 Å². The highest BCUT2D eigenvalue weighted by Gasteiger charge is 2.34. The van der Waals surface area contributed by atoms with E-state index in [9.17, 15) is 4.79 Å². The summed E-state index contributed by atoms with van der Waals surface area (Å²) in [6, 6.07) is 5.48. The maximum atomic E-state index is 12.1. The predicted octanol–water partition coefficient (Wildman–Crippen LogP) is 1.32. The number of rotatable bonds is 2. The molecule has 7 nitrogen and oxygen atoms in total. The van der Waals surface area contributed by atoms with Crippen LogP contribution in [0.5, 0.6) is 11.5 Å². The Morgan fingerprint density at radius 1 is 1.25 bits per heavy atom. The first kappa shape index (κ1) is 11.3. The quantitative estimate of drug-likeness (QED) is 0.821. The second-order valence-corrected chi connectivity index (χ2v) is 4.73. The predicted molar refractivity (Wildman–Crippen MR) is 66.6 cm³/mol. The Balaban J connectivity index is 1.61. The summed E-state index contributed by atoms with van der Waals surface area (Å²) in [5, 5.41) is 3.81. The van der Waals surface area contributed by atoms with Crippen molar-refractivity contribution in [2.24, 2.45) is 0 Å². The van der Waals surface area contributed by atoms with Crippen LogP contribution in [0.2, 0.25) is 0 Å². The lowest BCUT2D eigenvalue weighted by Crippen LogP contribution is -2.24. The molecule has 0 N–H and O–H groups in total. The zero-order chi connectivity index (χ0) is 13.5. The molecule has 3 heterocycles. The third-order valence-corrected chi connectivity index (χ3v) is 3.54. The van der Waals surface area contributed by atoms with Gasteiger partial charge in [-0.25, -0.2) is 0 Å². The number of nitrogens with zero attached hydrogens (tertiary/aromatic N) is 3. The first-order valence-electron chi connectivity index (χ1n) is 6.27. The van der Waals surface area contributed by atoms with Crippen LogP contribution in [-0.2, 0) is 4.79 Å². The molecule has 0 saturated carbocycles. The summed E-state index contributed by atoms with van der Waals surface area (Å²) < 4.78 is 15.3. The Bertz CT molecular complexity index is 656. The Labute approximate surface area is 114 Å². The van der Waals surface area contributed by atoms with E-state index in [0.717, 1.165) is 5.69 Å². The van der Waals surface area contributed by atoms with E-state index in [1.54, 1.807) is 4.90 Å². The van der Waals surface area contributed by atoms with E-state index < -0.39 is 0 Å². The van der Waals surface area contributed by atoms with Gasteiger partial charge in [0.2, 0.25) is 19.1 Å². The van der Waals surface area contributed by atoms with E-state index in [1.165, 1.54) is 6.39 Å². The molecule has 1 amide bonds. The molecule has 1 aromatic heterocycles. The lowest BCUT2D eigenvalue weighted by Gasteiger charge is -2.16. The third kappa shape index (κ3) is 1.70. The van der Waals surface area contributed by atoms with E-state index in [4.69, 9.17) is 14.0 Å². The molecule has 0 bridgehead atoms. The Morgan fingerprint density at radius 2 is 2.15 bits per heavy atom. The molecule has 2 aliphatic rings. The number of carbonyl (C=O) groups excluding carboxylic acids is 1. The lowest BCUT2D eigenvalue weighted by atomic mass is 10.1. The van der Waals surface area contributed by atoms with E-state index in [2.05, 4.69) is 10.1 Å². The largest absolute Gasteiger partial charge is 0.454 e. The highest BCUT2D eigenvalue weighted by Crippen LogP contribution is 2.38. The molecule has 0 aliphatic carbocycles. The van der Waals surface area contributed by atoms with Gasteiger partial charge in [-0.15, -0.1) is 0 Å². The molecule has 0 spiro atoms. The first-order chi connectivity index (χ1) is 9.81. The number of hydrogen-bond acceptors (Lipinski definition) is 6. The SMILES string of the molecule is O=C1C[C@H](c2ncon2)CN1c1ccc2c(c1)OCO2. The highest BCUT2D eigenvalue weighted by atomic mass is 16.7. The van der Waals surface area contributed by atoms with E-state index in [1.807, 2.05) is 18.2 Å². The standard InChI is InChI=1S/C13H11N3O4/c17-12-3-8(13-14-6-20-15-13)5-16(12)9-1-2-10-11(4-9)19-7-18-10/h1-2,4,6,8H,3,5,7H2/t8-/m0/s1. The lowest BCUT2D eigenvalue weighted by molar-refractivity contribution is -0.117. The van der Waals surface area contributed by atoms with Gasteiger partial charge in [-0.3, -0.25) is 4.79 Å². The summed E-state index contributed by atoms with van der Waals surface area (Å²) in [5.41, 5.74) is 0.797. The maximum Gasteiger partial charge on any atom is 0.231 e. The third-order valence-electron chi connectivity index (χ3n) is 3.54. The molecule has 2 aromatic rings. The Kier molecular flexibility index (Phi) is 2.38. The van der Waals surface area contributed by atoms with Gasteiger partial charge in [-0.2, -0.15) is 4.98 Å². The summed E-state index contributed by atoms with van der Waals surface area (Å²) in [5.74, 6) is 1.94. The van der Waals surface area contributed by atoms with Crippen molar-refractivity contribution in [3.05, 3.63) is 30.4 Å². The Morgan fingerprint density at radius 3 is 3.00 bits per heavy atom. The molecular formula is C13H11N3O4. The average Bonchev–Trinajstić information content (AvgIpc) is 3.17. The topological polar surface area (TPSA) is 77.7 Å². The second kappa shape index (κ2) is 4.22. The van der Waals surface area contributed by atoms with Crippen molar-refractivity contribution >= 4 is 11.6 Å². The summed E-state index contributed by atoms with van der Waals surface area (Å²) in [4.78, 5) is 17.9. The molecule has 1 saturated heterocycles. The number of aromatic nitrogens is 2. The van der Waals surface area contributed by atoms with E-state index in [-0.39, 0.29) is 18.6 Å². The van der Waals surface area contributed by atoms with Crippen LogP contribution in [0, 0.1) is 0 Å².